The summed E-state index contributed by atoms with van der Waals surface area (Å²) in [5.41, 5.74) is 0.220. The van der Waals surface area contributed by atoms with E-state index in [0.717, 1.165) is 19.3 Å². The summed E-state index contributed by atoms with van der Waals surface area (Å²) < 4.78 is 0. The van der Waals surface area contributed by atoms with Gasteiger partial charge in [0.05, 0.1) is 0 Å². The summed E-state index contributed by atoms with van der Waals surface area (Å²) in [6.45, 7) is 2.14. The first-order valence-electron chi connectivity index (χ1n) is 4.57. The van der Waals surface area contributed by atoms with Gasteiger partial charge >= 0.3 is 0 Å². The molecule has 0 aromatic heterocycles. The van der Waals surface area contributed by atoms with Gasteiger partial charge in [0.2, 0.25) is 20.3 Å². The van der Waals surface area contributed by atoms with E-state index in [2.05, 4.69) is 12.2 Å². The summed E-state index contributed by atoms with van der Waals surface area (Å²) >= 11 is 0. The van der Waals surface area contributed by atoms with E-state index < -0.39 is 0 Å². The number of fused-ring (bicyclic) bond motifs is 1. The largest absolute Gasteiger partial charge is 0.404 e. The number of rotatable bonds is 2. The highest BCUT2D eigenvalue weighted by Crippen LogP contribution is 2.58. The second kappa shape index (κ2) is 2.50. The molecule has 1 heterocycles. The number of piperidine rings is 1. The van der Waals surface area contributed by atoms with Crippen LogP contribution in [-0.2, 0) is 9.59 Å². The molecule has 0 aromatic carbocycles. The van der Waals surface area contributed by atoms with E-state index in [4.69, 9.17) is 0 Å². The van der Waals surface area contributed by atoms with E-state index in [1.165, 1.54) is 0 Å². The molecule has 2 fully saturated rings. The SMILES string of the molecule is BNC(=O)C1CC2(C)CC2N1C=O. The molecule has 1 aliphatic carbocycles. The van der Waals surface area contributed by atoms with Gasteiger partial charge in [-0.1, -0.05) is 6.92 Å². The van der Waals surface area contributed by atoms with Crippen LogP contribution in [0.1, 0.15) is 19.8 Å². The summed E-state index contributed by atoms with van der Waals surface area (Å²) in [7, 11) is 1.61. The average molecular weight is 180 g/mol. The molecule has 0 radical (unpaired) electrons. The summed E-state index contributed by atoms with van der Waals surface area (Å²) in [5.74, 6) is -0.0412. The summed E-state index contributed by atoms with van der Waals surface area (Å²) in [6, 6.07) is 0.0820. The van der Waals surface area contributed by atoms with Crippen LogP contribution in [0, 0.1) is 5.41 Å². The Morgan fingerprint density at radius 1 is 1.69 bits per heavy atom. The first kappa shape index (κ1) is 8.60. The minimum absolute atomic E-state index is 0.0412. The predicted molar refractivity (Wildman–Crippen MR) is 49.5 cm³/mol. The number of carbonyl (C=O) groups excluding carboxylic acids is 2. The zero-order valence-corrected chi connectivity index (χ0v) is 7.91. The van der Waals surface area contributed by atoms with Gasteiger partial charge in [0.15, 0.2) is 0 Å². The summed E-state index contributed by atoms with van der Waals surface area (Å²) in [6.07, 6.45) is 2.68. The maximum atomic E-state index is 11.4. The number of likely N-dealkylation sites (tertiary alicyclic amines) is 1. The molecule has 2 aliphatic rings. The standard InChI is InChI=1S/C8H13BN2O2/c1-8-2-5(7(13)10-9)11(4-12)6(8)3-8/h4-6H,2-3,9H2,1H3,(H,10,13). The van der Waals surface area contributed by atoms with Crippen molar-refractivity contribution >= 4 is 20.3 Å². The molecule has 2 amide bonds. The molecular formula is C8H13BN2O2. The highest BCUT2D eigenvalue weighted by molar-refractivity contribution is 6.15. The lowest BCUT2D eigenvalue weighted by molar-refractivity contribution is -0.131. The fourth-order valence-corrected chi connectivity index (χ4v) is 2.37. The van der Waals surface area contributed by atoms with Gasteiger partial charge in [0, 0.05) is 6.04 Å². The van der Waals surface area contributed by atoms with E-state index in [1.807, 2.05) is 0 Å². The predicted octanol–water partition coefficient (Wildman–Crippen LogP) is -1.34. The number of carbonyl (C=O) groups is 2. The minimum Gasteiger partial charge on any atom is -0.404 e. The molecule has 2 rings (SSSR count). The Hall–Kier alpha value is -0.995. The lowest BCUT2D eigenvalue weighted by Crippen LogP contribution is -2.43. The number of amides is 2. The van der Waals surface area contributed by atoms with Crippen LogP contribution < -0.4 is 5.23 Å². The molecule has 0 aromatic rings. The Balaban J connectivity index is 2.14. The van der Waals surface area contributed by atoms with Crippen molar-refractivity contribution in [3.05, 3.63) is 0 Å². The third kappa shape index (κ3) is 1.06. The van der Waals surface area contributed by atoms with Crippen molar-refractivity contribution in [2.75, 3.05) is 0 Å². The maximum Gasteiger partial charge on any atom is 0.230 e. The highest BCUT2D eigenvalue weighted by atomic mass is 16.2. The number of hydrogen-bond donors (Lipinski definition) is 1. The van der Waals surface area contributed by atoms with Crippen molar-refractivity contribution < 1.29 is 9.59 Å². The zero-order valence-electron chi connectivity index (χ0n) is 7.91. The number of nitrogens with zero attached hydrogens (tertiary/aromatic N) is 1. The Labute approximate surface area is 78.1 Å². The first-order valence-corrected chi connectivity index (χ1v) is 4.57. The molecule has 5 heteroatoms. The van der Waals surface area contributed by atoms with Gasteiger partial charge in [-0.05, 0) is 18.3 Å². The summed E-state index contributed by atoms with van der Waals surface area (Å²) in [5, 5.41) is 2.59. The van der Waals surface area contributed by atoms with Gasteiger partial charge in [0.1, 0.15) is 6.04 Å². The Morgan fingerprint density at radius 3 is 2.92 bits per heavy atom. The Bertz CT molecular complexity index is 271. The lowest BCUT2D eigenvalue weighted by atomic mass is 10.0. The van der Waals surface area contributed by atoms with Gasteiger partial charge in [-0.15, -0.1) is 0 Å². The third-order valence-corrected chi connectivity index (χ3v) is 3.35. The van der Waals surface area contributed by atoms with Gasteiger partial charge in [0.25, 0.3) is 0 Å². The van der Waals surface area contributed by atoms with Crippen molar-refractivity contribution in [2.24, 2.45) is 5.41 Å². The van der Waals surface area contributed by atoms with Crippen molar-refractivity contribution in [2.45, 2.75) is 31.8 Å². The Morgan fingerprint density at radius 2 is 2.38 bits per heavy atom. The smallest absolute Gasteiger partial charge is 0.230 e. The number of hydrogen-bond acceptors (Lipinski definition) is 2. The third-order valence-electron chi connectivity index (χ3n) is 3.35. The van der Waals surface area contributed by atoms with E-state index in [0.29, 0.717) is 6.04 Å². The van der Waals surface area contributed by atoms with Crippen LogP contribution in [0.25, 0.3) is 0 Å². The molecule has 13 heavy (non-hydrogen) atoms. The van der Waals surface area contributed by atoms with Gasteiger partial charge in [-0.2, -0.15) is 0 Å². The highest BCUT2D eigenvalue weighted by Gasteiger charge is 2.62. The van der Waals surface area contributed by atoms with Gasteiger partial charge in [-0.3, -0.25) is 9.59 Å². The van der Waals surface area contributed by atoms with Crippen molar-refractivity contribution in [1.29, 1.82) is 0 Å². The van der Waals surface area contributed by atoms with Crippen molar-refractivity contribution in [3.63, 3.8) is 0 Å². The molecule has 0 bridgehead atoms. The molecule has 3 atom stereocenters. The van der Waals surface area contributed by atoms with Crippen LogP contribution in [0.3, 0.4) is 0 Å². The van der Waals surface area contributed by atoms with Gasteiger partial charge < -0.3 is 10.1 Å². The van der Waals surface area contributed by atoms with Crippen LogP contribution in [0.5, 0.6) is 0 Å². The zero-order chi connectivity index (χ0) is 9.64. The topological polar surface area (TPSA) is 49.4 Å². The fourth-order valence-electron chi connectivity index (χ4n) is 2.37. The quantitative estimate of drug-likeness (QED) is 0.422. The molecular weight excluding hydrogens is 167 g/mol. The van der Waals surface area contributed by atoms with Crippen molar-refractivity contribution in [1.82, 2.24) is 10.1 Å². The number of nitrogens with one attached hydrogen (secondary N) is 1. The molecule has 1 aliphatic heterocycles. The van der Waals surface area contributed by atoms with E-state index in [1.54, 1.807) is 12.9 Å². The molecule has 4 nitrogen and oxygen atoms in total. The molecule has 70 valence electrons. The van der Waals surface area contributed by atoms with Gasteiger partial charge in [-0.25, -0.2) is 0 Å². The minimum atomic E-state index is -0.230. The van der Waals surface area contributed by atoms with E-state index >= 15 is 0 Å². The normalized spacial score (nSPS) is 41.2. The van der Waals surface area contributed by atoms with Crippen LogP contribution in [0.2, 0.25) is 0 Å². The van der Waals surface area contributed by atoms with E-state index in [9.17, 15) is 9.59 Å². The molecule has 1 saturated heterocycles. The van der Waals surface area contributed by atoms with Crippen molar-refractivity contribution in [3.8, 4) is 0 Å². The monoisotopic (exact) mass is 180 g/mol. The van der Waals surface area contributed by atoms with Crippen LogP contribution in [-0.4, -0.2) is 37.3 Å². The molecule has 1 N–H and O–H groups in total. The van der Waals surface area contributed by atoms with E-state index in [-0.39, 0.29) is 17.4 Å². The van der Waals surface area contributed by atoms with Crippen LogP contribution in [0.15, 0.2) is 0 Å². The maximum absolute atomic E-state index is 11.4. The van der Waals surface area contributed by atoms with Crippen LogP contribution in [0.4, 0.5) is 0 Å². The first-order chi connectivity index (χ1) is 6.12. The second-order valence-corrected chi connectivity index (χ2v) is 4.26. The molecule has 0 spiro atoms. The summed E-state index contributed by atoms with van der Waals surface area (Å²) in [4.78, 5) is 23.8. The average Bonchev–Trinajstić information content (AvgIpc) is 2.69. The second-order valence-electron chi connectivity index (χ2n) is 4.26. The lowest BCUT2D eigenvalue weighted by Gasteiger charge is -2.21. The Kier molecular flexibility index (Phi) is 1.65. The molecule has 3 unspecified atom stereocenters. The van der Waals surface area contributed by atoms with Crippen LogP contribution >= 0.6 is 0 Å². The molecule has 1 saturated carbocycles. The fraction of sp³-hybridized carbons (Fsp3) is 0.750.